The molecular weight excluding hydrogens is 360 g/mol. The summed E-state index contributed by atoms with van der Waals surface area (Å²) in [6.45, 7) is 26.4. The molecule has 3 heteroatoms. The number of rotatable bonds is 7. The summed E-state index contributed by atoms with van der Waals surface area (Å²) in [6.07, 6.45) is 9.35. The first-order chi connectivity index (χ1) is 13.5. The quantitative estimate of drug-likeness (QED) is 0.415. The number of hydrogen-bond acceptors (Lipinski definition) is 3. The molecule has 0 aromatic heterocycles. The molecule has 1 heterocycles. The van der Waals surface area contributed by atoms with Gasteiger partial charge in [-0.05, 0) is 40.3 Å². The molecule has 1 rings (SSSR count). The van der Waals surface area contributed by atoms with Crippen LogP contribution < -0.4 is 0 Å². The highest BCUT2D eigenvalue weighted by Gasteiger charge is 2.31. The highest BCUT2D eigenvalue weighted by atomic mass is 32.2. The van der Waals surface area contributed by atoms with Crippen LogP contribution in [0.5, 0.6) is 0 Å². The highest BCUT2D eigenvalue weighted by molar-refractivity contribution is 8.04. The maximum absolute atomic E-state index is 4.36. The van der Waals surface area contributed by atoms with Crippen LogP contribution in [0.4, 0.5) is 0 Å². The van der Waals surface area contributed by atoms with Crippen LogP contribution in [0, 0.1) is 0 Å². The fourth-order valence-electron chi connectivity index (χ4n) is 2.72. The number of thioether (sulfide) groups is 1. The van der Waals surface area contributed by atoms with Crippen LogP contribution in [-0.4, -0.2) is 41.7 Å². The zero-order valence-electron chi connectivity index (χ0n) is 21.4. The van der Waals surface area contributed by atoms with E-state index < -0.39 is 0 Å². The standard InChI is InChI=1S/C19H34N2S.3C2H6/c1-8-11-17-16(5)22-19(13-10-3)18(12-9-2)21(17)14-15(4)20(6)7;3*1-2/h11-12,15,19H,5,8-10,13-14H2,1-4,6-7H3;3*1-2H3/b17-11+,18-12+;;;. The van der Waals surface area contributed by atoms with Crippen LogP contribution in [-0.2, 0) is 0 Å². The van der Waals surface area contributed by atoms with Crippen molar-refractivity contribution in [3.63, 3.8) is 0 Å². The molecule has 1 fully saturated rings. The molecule has 0 amide bonds. The average Bonchev–Trinajstić information content (AvgIpc) is 2.72. The molecule has 1 aliphatic rings. The molecule has 2 nitrogen and oxygen atoms in total. The second kappa shape index (κ2) is 21.0. The first-order valence-electron chi connectivity index (χ1n) is 11.7. The zero-order valence-corrected chi connectivity index (χ0v) is 22.2. The maximum Gasteiger partial charge on any atom is 0.0500 e. The van der Waals surface area contributed by atoms with Crippen LogP contribution >= 0.6 is 11.8 Å². The van der Waals surface area contributed by atoms with Crippen LogP contribution in [0.2, 0.25) is 0 Å². The van der Waals surface area contributed by atoms with Crippen LogP contribution in [0.1, 0.15) is 94.9 Å². The lowest BCUT2D eigenvalue weighted by molar-refractivity contribution is 0.249. The molecule has 0 aromatic rings. The van der Waals surface area contributed by atoms with Crippen molar-refractivity contribution in [3.05, 3.63) is 35.0 Å². The predicted octanol–water partition coefficient (Wildman–Crippen LogP) is 8.33. The van der Waals surface area contributed by atoms with Crippen molar-refractivity contribution in [1.29, 1.82) is 0 Å². The maximum atomic E-state index is 4.36. The van der Waals surface area contributed by atoms with Gasteiger partial charge < -0.3 is 9.80 Å². The number of nitrogens with zero attached hydrogens (tertiary/aromatic N) is 2. The third-order valence-corrected chi connectivity index (χ3v) is 5.45. The van der Waals surface area contributed by atoms with E-state index in [0.717, 1.165) is 19.4 Å². The van der Waals surface area contributed by atoms with E-state index >= 15 is 0 Å². The van der Waals surface area contributed by atoms with Crippen molar-refractivity contribution in [1.82, 2.24) is 9.80 Å². The summed E-state index contributed by atoms with van der Waals surface area (Å²) < 4.78 is 0. The topological polar surface area (TPSA) is 6.48 Å². The van der Waals surface area contributed by atoms with Gasteiger partial charge in [-0.25, -0.2) is 0 Å². The van der Waals surface area contributed by atoms with Gasteiger partial charge in [-0.3, -0.25) is 0 Å². The molecular formula is C25H52N2S. The number of allylic oxidation sites excluding steroid dienone is 2. The normalized spacial score (nSPS) is 20.0. The molecule has 0 N–H and O–H groups in total. The third-order valence-electron chi connectivity index (χ3n) is 4.19. The molecule has 0 bridgehead atoms. The van der Waals surface area contributed by atoms with Crippen LogP contribution in [0.15, 0.2) is 35.0 Å². The van der Waals surface area contributed by atoms with Gasteiger partial charge in [0.2, 0.25) is 0 Å². The second-order valence-corrected chi connectivity index (χ2v) is 7.57. The lowest BCUT2D eigenvalue weighted by Gasteiger charge is -2.42. The molecule has 1 aliphatic heterocycles. The monoisotopic (exact) mass is 412 g/mol. The summed E-state index contributed by atoms with van der Waals surface area (Å²) >= 11 is 1.96. The Morgan fingerprint density at radius 1 is 1.00 bits per heavy atom. The van der Waals surface area contributed by atoms with Gasteiger partial charge in [-0.15, -0.1) is 11.8 Å². The van der Waals surface area contributed by atoms with E-state index in [-0.39, 0.29) is 0 Å². The minimum absolute atomic E-state index is 0.513. The number of hydrogen-bond donors (Lipinski definition) is 0. The van der Waals surface area contributed by atoms with E-state index in [0.29, 0.717) is 11.3 Å². The fourth-order valence-corrected chi connectivity index (χ4v) is 4.08. The predicted molar refractivity (Wildman–Crippen MR) is 136 cm³/mol. The Morgan fingerprint density at radius 2 is 1.50 bits per heavy atom. The lowest BCUT2D eigenvalue weighted by Crippen LogP contribution is -2.41. The first kappa shape index (κ1) is 32.0. The van der Waals surface area contributed by atoms with E-state index in [2.05, 4.69) is 70.3 Å². The largest absolute Gasteiger partial charge is 0.342 e. The molecule has 0 saturated carbocycles. The molecule has 0 radical (unpaired) electrons. The number of likely N-dealkylation sites (N-methyl/N-ethyl adjacent to an activating group) is 1. The summed E-state index contributed by atoms with van der Waals surface area (Å²) in [6, 6.07) is 0.513. The van der Waals surface area contributed by atoms with Crippen molar-refractivity contribution < 1.29 is 0 Å². The van der Waals surface area contributed by atoms with Crippen LogP contribution in [0.3, 0.4) is 0 Å². The Bertz CT molecular complexity index is 424. The second-order valence-electron chi connectivity index (χ2n) is 6.28. The molecule has 0 aromatic carbocycles. The summed E-state index contributed by atoms with van der Waals surface area (Å²) in [4.78, 5) is 6.07. The summed E-state index contributed by atoms with van der Waals surface area (Å²) in [5, 5.41) is 0.556. The Labute approximate surface area is 183 Å². The Kier molecular flexibility index (Phi) is 24.1. The van der Waals surface area contributed by atoms with Gasteiger partial charge in [0.1, 0.15) is 0 Å². The summed E-state index contributed by atoms with van der Waals surface area (Å²) in [7, 11) is 4.32. The SMILES string of the molecule is C=C1SC(CCC)/C(=C\CC)N(CC(C)N(C)C)/C1=C/CC.CC.CC.CC. The van der Waals surface area contributed by atoms with Crippen molar-refractivity contribution in [2.45, 2.75) is 106 Å². The molecule has 1 saturated heterocycles. The smallest absolute Gasteiger partial charge is 0.0500 e. The molecule has 28 heavy (non-hydrogen) atoms. The minimum atomic E-state index is 0.513. The van der Waals surface area contributed by atoms with Gasteiger partial charge in [-0.2, -0.15) is 0 Å². The molecule has 168 valence electrons. The Hall–Kier alpha value is -0.670. The van der Waals surface area contributed by atoms with E-state index in [1.54, 1.807) is 0 Å². The molecule has 0 spiro atoms. The Morgan fingerprint density at radius 3 is 1.89 bits per heavy atom. The van der Waals surface area contributed by atoms with E-state index in [1.807, 2.05) is 53.3 Å². The lowest BCUT2D eigenvalue weighted by atomic mass is 10.1. The van der Waals surface area contributed by atoms with Gasteiger partial charge in [0, 0.05) is 28.4 Å². The Balaban J connectivity index is -0.000000946. The molecule has 2 unspecified atom stereocenters. The van der Waals surface area contributed by atoms with E-state index in [9.17, 15) is 0 Å². The van der Waals surface area contributed by atoms with Crippen molar-refractivity contribution in [3.8, 4) is 0 Å². The van der Waals surface area contributed by atoms with Crippen molar-refractivity contribution in [2.24, 2.45) is 0 Å². The van der Waals surface area contributed by atoms with E-state index in [4.69, 9.17) is 0 Å². The summed E-state index contributed by atoms with van der Waals surface area (Å²) in [5.41, 5.74) is 2.82. The summed E-state index contributed by atoms with van der Waals surface area (Å²) in [5.74, 6) is 0. The van der Waals surface area contributed by atoms with Crippen LogP contribution in [0.25, 0.3) is 0 Å². The van der Waals surface area contributed by atoms with Crippen molar-refractivity contribution >= 4 is 11.8 Å². The van der Waals surface area contributed by atoms with Gasteiger partial charge in [0.05, 0.1) is 5.70 Å². The van der Waals surface area contributed by atoms with Gasteiger partial charge in [-0.1, -0.05) is 87.5 Å². The fraction of sp³-hybridized carbons (Fsp3) is 0.760. The van der Waals surface area contributed by atoms with Gasteiger partial charge in [0.15, 0.2) is 0 Å². The third kappa shape index (κ3) is 11.4. The zero-order chi connectivity index (χ0) is 22.7. The molecule has 2 atom stereocenters. The van der Waals surface area contributed by atoms with Gasteiger partial charge >= 0.3 is 0 Å². The minimum Gasteiger partial charge on any atom is -0.342 e. The van der Waals surface area contributed by atoms with E-state index in [1.165, 1.54) is 29.1 Å². The average molecular weight is 413 g/mol. The van der Waals surface area contributed by atoms with Crippen molar-refractivity contribution in [2.75, 3.05) is 20.6 Å². The first-order valence-corrected chi connectivity index (χ1v) is 12.5. The highest BCUT2D eigenvalue weighted by Crippen LogP contribution is 2.43. The molecule has 0 aliphatic carbocycles. The van der Waals surface area contributed by atoms with Gasteiger partial charge in [0.25, 0.3) is 0 Å².